The number of benzene rings is 1. The Balaban J connectivity index is 1.99. The second-order valence-corrected chi connectivity index (χ2v) is 5.02. The van der Waals surface area contributed by atoms with Crippen molar-refractivity contribution >= 4 is 5.97 Å². The number of aromatic carboxylic acids is 1. The van der Waals surface area contributed by atoms with Crippen LogP contribution in [0.3, 0.4) is 0 Å². The number of hydrogen-bond donors (Lipinski definition) is 2. The Kier molecular flexibility index (Phi) is 3.17. The van der Waals surface area contributed by atoms with Crippen LogP contribution in [0.15, 0.2) is 41.3 Å². The molecule has 112 valence electrons. The number of aromatic amines is 1. The fraction of sp³-hybridized carbons (Fsp3) is 0.133. The Hall–Kier alpha value is -3.09. The maximum atomic E-state index is 12.1. The molecule has 7 nitrogen and oxygen atoms in total. The normalized spacial score (nSPS) is 10.8. The molecule has 3 rings (SSSR count). The lowest BCUT2D eigenvalue weighted by molar-refractivity contribution is 0.0690. The zero-order chi connectivity index (χ0) is 15.9. The van der Waals surface area contributed by atoms with Gasteiger partial charge in [-0.15, -0.1) is 0 Å². The Morgan fingerprint density at radius 2 is 1.95 bits per heavy atom. The summed E-state index contributed by atoms with van der Waals surface area (Å²) in [5.41, 5.74) is 2.83. The van der Waals surface area contributed by atoms with Gasteiger partial charge in [-0.25, -0.2) is 9.59 Å². The van der Waals surface area contributed by atoms with E-state index in [9.17, 15) is 9.59 Å². The maximum absolute atomic E-state index is 12.1. The summed E-state index contributed by atoms with van der Waals surface area (Å²) >= 11 is 0. The van der Waals surface area contributed by atoms with Gasteiger partial charge in [-0.3, -0.25) is 9.67 Å². The van der Waals surface area contributed by atoms with Crippen molar-refractivity contribution in [3.8, 4) is 16.9 Å². The van der Waals surface area contributed by atoms with Crippen molar-refractivity contribution in [3.63, 3.8) is 0 Å². The number of imidazole rings is 1. The summed E-state index contributed by atoms with van der Waals surface area (Å²) in [6.07, 6.45) is 1.77. The van der Waals surface area contributed by atoms with Crippen molar-refractivity contribution in [1.82, 2.24) is 19.3 Å². The molecule has 0 unspecified atom stereocenters. The van der Waals surface area contributed by atoms with Crippen molar-refractivity contribution in [2.75, 3.05) is 0 Å². The van der Waals surface area contributed by atoms with Gasteiger partial charge < -0.3 is 9.67 Å². The van der Waals surface area contributed by atoms with Gasteiger partial charge in [0.15, 0.2) is 0 Å². The van der Waals surface area contributed by atoms with Crippen molar-refractivity contribution in [3.05, 3.63) is 58.4 Å². The highest BCUT2D eigenvalue weighted by Gasteiger charge is 2.11. The molecule has 0 aliphatic heterocycles. The third-order valence-electron chi connectivity index (χ3n) is 3.46. The number of hydrogen-bond acceptors (Lipinski definition) is 3. The van der Waals surface area contributed by atoms with Gasteiger partial charge in [0, 0.05) is 24.5 Å². The van der Waals surface area contributed by atoms with Crippen LogP contribution in [0.4, 0.5) is 0 Å². The molecular formula is C15H14N4O3. The highest BCUT2D eigenvalue weighted by Crippen LogP contribution is 2.20. The Morgan fingerprint density at radius 1 is 1.27 bits per heavy atom. The summed E-state index contributed by atoms with van der Waals surface area (Å²) in [4.78, 5) is 22.9. The first-order valence-corrected chi connectivity index (χ1v) is 6.62. The van der Waals surface area contributed by atoms with Crippen LogP contribution in [0.1, 0.15) is 16.2 Å². The number of carboxylic acid groups (broad SMARTS) is 1. The number of aromatic nitrogens is 4. The molecule has 0 amide bonds. The highest BCUT2D eigenvalue weighted by atomic mass is 16.4. The van der Waals surface area contributed by atoms with E-state index in [1.165, 1.54) is 10.6 Å². The number of nitrogens with one attached hydrogen (secondary N) is 1. The minimum Gasteiger partial charge on any atom is -0.477 e. The molecule has 7 heteroatoms. The van der Waals surface area contributed by atoms with E-state index < -0.39 is 5.97 Å². The zero-order valence-corrected chi connectivity index (χ0v) is 12.1. The third-order valence-corrected chi connectivity index (χ3v) is 3.46. The molecule has 0 aliphatic carbocycles. The predicted molar refractivity (Wildman–Crippen MR) is 80.3 cm³/mol. The van der Waals surface area contributed by atoms with E-state index in [-0.39, 0.29) is 11.4 Å². The Bertz CT molecular complexity index is 900. The summed E-state index contributed by atoms with van der Waals surface area (Å²) < 4.78 is 3.13. The topological polar surface area (TPSA) is 92.9 Å². The van der Waals surface area contributed by atoms with Crippen molar-refractivity contribution in [2.45, 2.75) is 6.92 Å². The van der Waals surface area contributed by atoms with Crippen molar-refractivity contribution < 1.29 is 9.90 Å². The summed E-state index contributed by atoms with van der Waals surface area (Å²) in [7, 11) is 1.71. The first kappa shape index (κ1) is 13.9. The second kappa shape index (κ2) is 5.03. The number of carbonyl (C=O) groups is 1. The van der Waals surface area contributed by atoms with E-state index in [1.54, 1.807) is 42.1 Å². The molecule has 0 radical (unpaired) electrons. The van der Waals surface area contributed by atoms with Crippen LogP contribution < -0.4 is 5.69 Å². The molecule has 2 N–H and O–H groups in total. The molecule has 0 spiro atoms. The van der Waals surface area contributed by atoms with Crippen molar-refractivity contribution in [2.24, 2.45) is 7.05 Å². The number of carboxylic acids is 1. The van der Waals surface area contributed by atoms with Gasteiger partial charge >= 0.3 is 11.7 Å². The van der Waals surface area contributed by atoms with Crippen molar-refractivity contribution in [1.29, 1.82) is 0 Å². The monoisotopic (exact) mass is 298 g/mol. The van der Waals surface area contributed by atoms with E-state index in [0.717, 1.165) is 16.9 Å². The number of H-pyrrole nitrogens is 1. The highest BCUT2D eigenvalue weighted by molar-refractivity contribution is 5.86. The van der Waals surface area contributed by atoms with Crippen LogP contribution in [-0.4, -0.2) is 30.4 Å². The lowest BCUT2D eigenvalue weighted by atomic mass is 10.1. The summed E-state index contributed by atoms with van der Waals surface area (Å²) in [6.45, 7) is 1.86. The molecule has 0 aliphatic rings. The molecule has 0 saturated heterocycles. The average Bonchev–Trinajstić information content (AvgIpc) is 3.06. The van der Waals surface area contributed by atoms with Crippen LogP contribution in [0.25, 0.3) is 16.9 Å². The molecule has 0 bridgehead atoms. The van der Waals surface area contributed by atoms with Gasteiger partial charge in [0.25, 0.3) is 0 Å². The van der Waals surface area contributed by atoms with E-state index in [1.807, 2.05) is 6.92 Å². The maximum Gasteiger partial charge on any atom is 0.353 e. The van der Waals surface area contributed by atoms with Gasteiger partial charge in [0.1, 0.15) is 5.69 Å². The largest absolute Gasteiger partial charge is 0.477 e. The quantitative estimate of drug-likeness (QED) is 0.767. The molecule has 0 saturated carbocycles. The van der Waals surface area contributed by atoms with Gasteiger partial charge in [0.05, 0.1) is 11.4 Å². The molecule has 3 aromatic rings. The zero-order valence-electron chi connectivity index (χ0n) is 12.1. The first-order chi connectivity index (χ1) is 10.5. The van der Waals surface area contributed by atoms with E-state index in [4.69, 9.17) is 5.11 Å². The van der Waals surface area contributed by atoms with Gasteiger partial charge in [-0.2, -0.15) is 5.10 Å². The van der Waals surface area contributed by atoms with Crippen LogP contribution in [-0.2, 0) is 7.05 Å². The van der Waals surface area contributed by atoms with Crippen LogP contribution in [0.2, 0.25) is 0 Å². The molecule has 22 heavy (non-hydrogen) atoms. The number of nitrogens with zero attached hydrogens (tertiary/aromatic N) is 3. The summed E-state index contributed by atoms with van der Waals surface area (Å²) in [5, 5.41) is 15.3. The van der Waals surface area contributed by atoms with Gasteiger partial charge in [0.2, 0.25) is 0 Å². The SMILES string of the molecule is Cc1cn(C)c(=O)n1-c1ccc(-c2cc(C(=O)O)[nH]n2)cc1. The second-order valence-electron chi connectivity index (χ2n) is 5.02. The Morgan fingerprint density at radius 3 is 2.45 bits per heavy atom. The summed E-state index contributed by atoms with van der Waals surface area (Å²) in [6, 6.07) is 8.68. The lowest BCUT2D eigenvalue weighted by Gasteiger charge is -2.05. The predicted octanol–water partition coefficient (Wildman–Crippen LogP) is 1.57. The van der Waals surface area contributed by atoms with Gasteiger partial charge in [-0.05, 0) is 25.1 Å². The molecule has 2 heterocycles. The van der Waals surface area contributed by atoms with E-state index >= 15 is 0 Å². The number of aryl methyl sites for hydroxylation is 2. The molecular weight excluding hydrogens is 284 g/mol. The molecule has 1 aromatic carbocycles. The van der Waals surface area contributed by atoms with Crippen LogP contribution >= 0.6 is 0 Å². The van der Waals surface area contributed by atoms with Gasteiger partial charge in [-0.1, -0.05) is 12.1 Å². The minimum atomic E-state index is -1.05. The smallest absolute Gasteiger partial charge is 0.353 e. The third kappa shape index (κ3) is 2.22. The van der Waals surface area contributed by atoms with E-state index in [2.05, 4.69) is 10.2 Å². The standard InChI is InChI=1S/C15H14N4O3/c1-9-8-18(2)15(22)19(9)11-5-3-10(4-6-11)12-7-13(14(20)21)17-16-12/h3-8H,1-2H3,(H,16,17)(H,20,21). The Labute approximate surface area is 125 Å². The van der Waals surface area contributed by atoms with Crippen LogP contribution in [0, 0.1) is 6.92 Å². The first-order valence-electron chi connectivity index (χ1n) is 6.62. The molecule has 0 fully saturated rings. The molecule has 0 atom stereocenters. The number of rotatable bonds is 3. The summed E-state index contributed by atoms with van der Waals surface area (Å²) in [5.74, 6) is -1.05. The fourth-order valence-corrected chi connectivity index (χ4v) is 2.38. The molecule has 2 aromatic heterocycles. The fourth-order valence-electron chi connectivity index (χ4n) is 2.38. The lowest BCUT2D eigenvalue weighted by Crippen LogP contribution is -2.21. The van der Waals surface area contributed by atoms with Crippen LogP contribution in [0.5, 0.6) is 0 Å². The average molecular weight is 298 g/mol. The minimum absolute atomic E-state index is 0.0363. The van der Waals surface area contributed by atoms with E-state index in [0.29, 0.717) is 5.69 Å².